The minimum absolute atomic E-state index is 0.238. The lowest BCUT2D eigenvalue weighted by Gasteiger charge is -2.05. The molecule has 0 saturated carbocycles. The van der Waals surface area contributed by atoms with Gasteiger partial charge in [0.15, 0.2) is 0 Å². The first-order valence-corrected chi connectivity index (χ1v) is 7.14. The summed E-state index contributed by atoms with van der Waals surface area (Å²) >= 11 is 0. The minimum Gasteiger partial charge on any atom is -0.508 e. The largest absolute Gasteiger partial charge is 0.508 e. The third kappa shape index (κ3) is 2.13. The van der Waals surface area contributed by atoms with Crippen molar-refractivity contribution < 1.29 is 5.11 Å². The second kappa shape index (κ2) is 5.04. The van der Waals surface area contributed by atoms with Gasteiger partial charge in [-0.05, 0) is 35.4 Å². The van der Waals surface area contributed by atoms with Crippen molar-refractivity contribution in [2.24, 2.45) is 0 Å². The SMILES string of the molecule is Oc1cccc(-n2ncc3cc(-c4ccccc4)ccc32)c1. The van der Waals surface area contributed by atoms with Crippen molar-refractivity contribution in [3.8, 4) is 22.6 Å². The first kappa shape index (κ1) is 12.7. The van der Waals surface area contributed by atoms with E-state index in [1.807, 2.05) is 41.2 Å². The van der Waals surface area contributed by atoms with Crippen LogP contribution in [0.15, 0.2) is 79.0 Å². The fourth-order valence-electron chi connectivity index (χ4n) is 2.67. The lowest BCUT2D eigenvalue weighted by molar-refractivity contribution is 0.475. The Morgan fingerprint density at radius 3 is 2.45 bits per heavy atom. The quantitative estimate of drug-likeness (QED) is 0.593. The number of aromatic hydroxyl groups is 1. The smallest absolute Gasteiger partial charge is 0.117 e. The second-order valence-electron chi connectivity index (χ2n) is 5.22. The van der Waals surface area contributed by atoms with Gasteiger partial charge in [0, 0.05) is 11.5 Å². The predicted octanol–water partition coefficient (Wildman–Crippen LogP) is 4.40. The molecule has 3 heteroatoms. The van der Waals surface area contributed by atoms with Crippen LogP contribution in [0.25, 0.3) is 27.7 Å². The van der Waals surface area contributed by atoms with Crippen LogP contribution in [0.1, 0.15) is 0 Å². The summed E-state index contributed by atoms with van der Waals surface area (Å²) in [6, 6.07) is 23.7. The van der Waals surface area contributed by atoms with E-state index in [4.69, 9.17) is 0 Å². The molecule has 4 aromatic rings. The number of phenolic OH excluding ortho intramolecular Hbond substituents is 1. The molecule has 22 heavy (non-hydrogen) atoms. The molecule has 0 saturated heterocycles. The Hall–Kier alpha value is -3.07. The number of hydrogen-bond donors (Lipinski definition) is 1. The maximum absolute atomic E-state index is 9.64. The van der Waals surface area contributed by atoms with Gasteiger partial charge in [0.05, 0.1) is 17.4 Å². The highest BCUT2D eigenvalue weighted by molar-refractivity contribution is 5.85. The molecular weight excluding hydrogens is 272 g/mol. The summed E-state index contributed by atoms with van der Waals surface area (Å²) < 4.78 is 1.84. The number of phenols is 1. The van der Waals surface area contributed by atoms with Gasteiger partial charge in [-0.1, -0.05) is 42.5 Å². The van der Waals surface area contributed by atoms with Crippen LogP contribution in [0, 0.1) is 0 Å². The summed E-state index contributed by atoms with van der Waals surface area (Å²) in [5, 5.41) is 15.2. The van der Waals surface area contributed by atoms with Crippen LogP contribution < -0.4 is 0 Å². The molecule has 0 bridgehead atoms. The Morgan fingerprint density at radius 2 is 1.64 bits per heavy atom. The lowest BCUT2D eigenvalue weighted by Crippen LogP contribution is -1.95. The molecule has 4 rings (SSSR count). The van der Waals surface area contributed by atoms with Crippen LogP contribution in [-0.2, 0) is 0 Å². The molecule has 0 aliphatic rings. The summed E-state index contributed by atoms with van der Waals surface area (Å²) in [7, 11) is 0. The normalized spacial score (nSPS) is 10.9. The van der Waals surface area contributed by atoms with Crippen LogP contribution in [0.5, 0.6) is 5.75 Å². The summed E-state index contributed by atoms with van der Waals surface area (Å²) in [4.78, 5) is 0. The zero-order valence-electron chi connectivity index (χ0n) is 11.8. The van der Waals surface area contributed by atoms with Gasteiger partial charge >= 0.3 is 0 Å². The van der Waals surface area contributed by atoms with Gasteiger partial charge in [-0.2, -0.15) is 5.10 Å². The van der Waals surface area contributed by atoms with Crippen molar-refractivity contribution >= 4 is 10.9 Å². The van der Waals surface area contributed by atoms with Gasteiger partial charge in [0.1, 0.15) is 5.75 Å². The van der Waals surface area contributed by atoms with Gasteiger partial charge in [-0.25, -0.2) is 4.68 Å². The number of fused-ring (bicyclic) bond motifs is 1. The number of rotatable bonds is 2. The topological polar surface area (TPSA) is 38.0 Å². The molecule has 1 heterocycles. The molecule has 0 atom stereocenters. The molecule has 0 aliphatic heterocycles. The molecular formula is C19H14N2O. The van der Waals surface area contributed by atoms with E-state index < -0.39 is 0 Å². The first-order valence-electron chi connectivity index (χ1n) is 7.14. The van der Waals surface area contributed by atoms with Crippen LogP contribution in [0.4, 0.5) is 0 Å². The molecule has 3 aromatic carbocycles. The van der Waals surface area contributed by atoms with Gasteiger partial charge < -0.3 is 5.11 Å². The molecule has 0 amide bonds. The molecule has 0 unspecified atom stereocenters. The average molecular weight is 286 g/mol. The highest BCUT2D eigenvalue weighted by Gasteiger charge is 2.07. The maximum atomic E-state index is 9.64. The van der Waals surface area contributed by atoms with Crippen molar-refractivity contribution in [2.45, 2.75) is 0 Å². The van der Waals surface area contributed by atoms with E-state index in [9.17, 15) is 5.11 Å². The Kier molecular flexibility index (Phi) is 2.90. The van der Waals surface area contributed by atoms with Gasteiger partial charge in [-0.3, -0.25) is 0 Å². The van der Waals surface area contributed by atoms with Crippen LogP contribution in [-0.4, -0.2) is 14.9 Å². The van der Waals surface area contributed by atoms with Gasteiger partial charge in [0.2, 0.25) is 0 Å². The number of nitrogens with zero attached hydrogens (tertiary/aromatic N) is 2. The second-order valence-corrected chi connectivity index (χ2v) is 5.22. The first-order chi connectivity index (χ1) is 10.8. The molecule has 0 spiro atoms. The number of benzene rings is 3. The molecule has 106 valence electrons. The molecule has 1 N–H and O–H groups in total. The Balaban J connectivity index is 1.84. The highest BCUT2D eigenvalue weighted by atomic mass is 16.3. The van der Waals surface area contributed by atoms with Crippen molar-refractivity contribution in [1.29, 1.82) is 0 Å². The Labute approximate surface area is 128 Å². The molecule has 0 fully saturated rings. The van der Waals surface area contributed by atoms with Crippen molar-refractivity contribution in [3.05, 3.63) is 79.0 Å². The van der Waals surface area contributed by atoms with Crippen molar-refractivity contribution in [2.75, 3.05) is 0 Å². The van der Waals surface area contributed by atoms with Crippen molar-refractivity contribution in [3.63, 3.8) is 0 Å². The zero-order chi connectivity index (χ0) is 14.9. The van der Waals surface area contributed by atoms with Crippen molar-refractivity contribution in [1.82, 2.24) is 9.78 Å². The van der Waals surface area contributed by atoms with E-state index in [2.05, 4.69) is 35.4 Å². The van der Waals surface area contributed by atoms with Gasteiger partial charge in [-0.15, -0.1) is 0 Å². The Bertz CT molecular complexity index is 942. The van der Waals surface area contributed by atoms with Gasteiger partial charge in [0.25, 0.3) is 0 Å². The molecule has 0 radical (unpaired) electrons. The van der Waals surface area contributed by atoms with E-state index in [0.29, 0.717) is 0 Å². The number of hydrogen-bond acceptors (Lipinski definition) is 2. The van der Waals surface area contributed by atoms with E-state index >= 15 is 0 Å². The predicted molar refractivity (Wildman–Crippen MR) is 88.2 cm³/mol. The van der Waals surface area contributed by atoms with E-state index in [1.165, 1.54) is 11.1 Å². The molecule has 1 aromatic heterocycles. The molecule has 3 nitrogen and oxygen atoms in total. The standard InChI is InChI=1S/C19H14N2O/c22-18-8-4-7-17(12-18)21-19-10-9-15(11-16(19)13-20-21)14-5-2-1-3-6-14/h1-13,22H. The van der Waals surface area contributed by atoms with Crippen LogP contribution in [0.2, 0.25) is 0 Å². The van der Waals surface area contributed by atoms with E-state index in [1.54, 1.807) is 12.1 Å². The fourth-order valence-corrected chi connectivity index (χ4v) is 2.67. The Morgan fingerprint density at radius 1 is 0.773 bits per heavy atom. The third-order valence-corrected chi connectivity index (χ3v) is 3.75. The van der Waals surface area contributed by atoms with Crippen LogP contribution >= 0.6 is 0 Å². The summed E-state index contributed by atoms with van der Waals surface area (Å²) in [5.41, 5.74) is 4.23. The third-order valence-electron chi connectivity index (χ3n) is 3.75. The van der Waals surface area contributed by atoms with E-state index in [0.717, 1.165) is 16.6 Å². The number of aromatic nitrogens is 2. The summed E-state index contributed by atoms with van der Waals surface area (Å²) in [6.07, 6.45) is 1.85. The van der Waals surface area contributed by atoms with Crippen LogP contribution in [0.3, 0.4) is 0 Å². The lowest BCUT2D eigenvalue weighted by atomic mass is 10.0. The summed E-state index contributed by atoms with van der Waals surface area (Å²) in [6.45, 7) is 0. The van der Waals surface area contributed by atoms with E-state index in [-0.39, 0.29) is 5.75 Å². The average Bonchev–Trinajstić information content (AvgIpc) is 2.99. The zero-order valence-corrected chi connectivity index (χ0v) is 11.8. The maximum Gasteiger partial charge on any atom is 0.117 e. The monoisotopic (exact) mass is 286 g/mol. The fraction of sp³-hybridized carbons (Fsp3) is 0. The highest BCUT2D eigenvalue weighted by Crippen LogP contribution is 2.26. The molecule has 0 aliphatic carbocycles. The summed E-state index contributed by atoms with van der Waals surface area (Å²) in [5.74, 6) is 0.238. The minimum atomic E-state index is 0.238.